The van der Waals surface area contributed by atoms with Crippen LogP contribution < -0.4 is 10.6 Å². The quantitative estimate of drug-likeness (QED) is 0.624. The van der Waals surface area contributed by atoms with Crippen molar-refractivity contribution in [2.24, 2.45) is 11.8 Å². The standard InChI is InChI=1S/C12H26N2O2/c1-9(2)5-6-13-12(16)14-11(8-15)7-10(3)4/h9-11,15H,5-8H2,1-4H3,(H2,13,14,16). The van der Waals surface area contributed by atoms with Crippen LogP contribution in [-0.4, -0.2) is 30.3 Å². The highest BCUT2D eigenvalue weighted by molar-refractivity contribution is 5.74. The van der Waals surface area contributed by atoms with E-state index in [9.17, 15) is 4.79 Å². The van der Waals surface area contributed by atoms with E-state index < -0.39 is 0 Å². The van der Waals surface area contributed by atoms with Gasteiger partial charge in [0, 0.05) is 6.54 Å². The van der Waals surface area contributed by atoms with E-state index in [0.29, 0.717) is 18.4 Å². The van der Waals surface area contributed by atoms with Crippen molar-refractivity contribution >= 4 is 6.03 Å². The van der Waals surface area contributed by atoms with Gasteiger partial charge < -0.3 is 15.7 Å². The lowest BCUT2D eigenvalue weighted by Gasteiger charge is -2.18. The topological polar surface area (TPSA) is 61.4 Å². The molecule has 4 heteroatoms. The van der Waals surface area contributed by atoms with Gasteiger partial charge in [0.2, 0.25) is 0 Å². The Bertz CT molecular complexity index is 193. The first-order chi connectivity index (χ1) is 7.45. The van der Waals surface area contributed by atoms with Gasteiger partial charge in [-0.2, -0.15) is 0 Å². The SMILES string of the molecule is CC(C)CCNC(=O)NC(CO)CC(C)C. The second kappa shape index (κ2) is 8.39. The Balaban J connectivity index is 3.74. The van der Waals surface area contributed by atoms with Crippen LogP contribution in [0.2, 0.25) is 0 Å². The molecule has 0 fully saturated rings. The number of aliphatic hydroxyl groups is 1. The number of amides is 2. The first kappa shape index (κ1) is 15.2. The first-order valence-electron chi connectivity index (χ1n) is 6.10. The fourth-order valence-corrected chi connectivity index (χ4v) is 1.46. The lowest BCUT2D eigenvalue weighted by molar-refractivity contribution is 0.206. The Morgan fingerprint density at radius 1 is 1.19 bits per heavy atom. The summed E-state index contributed by atoms with van der Waals surface area (Å²) in [6.07, 6.45) is 1.77. The van der Waals surface area contributed by atoms with Crippen molar-refractivity contribution in [2.45, 2.75) is 46.6 Å². The van der Waals surface area contributed by atoms with E-state index in [1.165, 1.54) is 0 Å². The van der Waals surface area contributed by atoms with E-state index in [-0.39, 0.29) is 18.7 Å². The molecule has 0 bridgehead atoms. The Morgan fingerprint density at radius 3 is 2.25 bits per heavy atom. The summed E-state index contributed by atoms with van der Waals surface area (Å²) in [5.41, 5.74) is 0. The van der Waals surface area contributed by atoms with Crippen LogP contribution in [-0.2, 0) is 0 Å². The zero-order valence-corrected chi connectivity index (χ0v) is 10.9. The molecular weight excluding hydrogens is 204 g/mol. The average molecular weight is 230 g/mol. The Kier molecular flexibility index (Phi) is 7.99. The van der Waals surface area contributed by atoms with Gasteiger partial charge in [0.1, 0.15) is 0 Å². The van der Waals surface area contributed by atoms with E-state index in [1.54, 1.807) is 0 Å². The Morgan fingerprint density at radius 2 is 1.81 bits per heavy atom. The van der Waals surface area contributed by atoms with Gasteiger partial charge in [-0.25, -0.2) is 4.79 Å². The molecule has 0 aromatic rings. The molecule has 0 saturated carbocycles. The molecule has 0 aromatic carbocycles. The normalized spacial score (nSPS) is 12.9. The molecule has 96 valence electrons. The smallest absolute Gasteiger partial charge is 0.315 e. The zero-order chi connectivity index (χ0) is 12.6. The van der Waals surface area contributed by atoms with Crippen LogP contribution in [0.4, 0.5) is 4.79 Å². The Hall–Kier alpha value is -0.770. The summed E-state index contributed by atoms with van der Waals surface area (Å²) in [6, 6.07) is -0.320. The molecule has 4 nitrogen and oxygen atoms in total. The predicted octanol–water partition coefficient (Wildman–Crippen LogP) is 1.74. The maximum atomic E-state index is 11.4. The van der Waals surface area contributed by atoms with Crippen molar-refractivity contribution in [3.8, 4) is 0 Å². The van der Waals surface area contributed by atoms with E-state index in [1.807, 2.05) is 0 Å². The summed E-state index contributed by atoms with van der Waals surface area (Å²) in [7, 11) is 0. The summed E-state index contributed by atoms with van der Waals surface area (Å²) in [5.74, 6) is 1.05. The van der Waals surface area contributed by atoms with Gasteiger partial charge in [0.15, 0.2) is 0 Å². The molecule has 0 aromatic heterocycles. The largest absolute Gasteiger partial charge is 0.394 e. The third kappa shape index (κ3) is 8.53. The second-order valence-corrected chi connectivity index (χ2v) is 5.09. The zero-order valence-electron chi connectivity index (χ0n) is 10.9. The lowest BCUT2D eigenvalue weighted by atomic mass is 10.0. The van der Waals surface area contributed by atoms with Crippen molar-refractivity contribution in [3.05, 3.63) is 0 Å². The molecule has 0 spiro atoms. The molecule has 0 aliphatic carbocycles. The number of hydrogen-bond donors (Lipinski definition) is 3. The number of hydrogen-bond acceptors (Lipinski definition) is 2. The number of nitrogens with one attached hydrogen (secondary N) is 2. The van der Waals surface area contributed by atoms with E-state index >= 15 is 0 Å². The van der Waals surface area contributed by atoms with Gasteiger partial charge in [0.05, 0.1) is 12.6 Å². The number of urea groups is 1. The highest BCUT2D eigenvalue weighted by atomic mass is 16.3. The molecule has 0 rings (SSSR count). The lowest BCUT2D eigenvalue weighted by Crippen LogP contribution is -2.44. The van der Waals surface area contributed by atoms with Crippen molar-refractivity contribution in [1.29, 1.82) is 0 Å². The fourth-order valence-electron chi connectivity index (χ4n) is 1.46. The summed E-state index contributed by atoms with van der Waals surface area (Å²) >= 11 is 0. The fraction of sp³-hybridized carbons (Fsp3) is 0.917. The highest BCUT2D eigenvalue weighted by Gasteiger charge is 2.12. The van der Waals surface area contributed by atoms with Crippen molar-refractivity contribution in [3.63, 3.8) is 0 Å². The molecule has 0 heterocycles. The van der Waals surface area contributed by atoms with E-state index in [0.717, 1.165) is 12.8 Å². The minimum Gasteiger partial charge on any atom is -0.394 e. The summed E-state index contributed by atoms with van der Waals surface area (Å²) < 4.78 is 0. The van der Waals surface area contributed by atoms with Crippen LogP contribution in [0.5, 0.6) is 0 Å². The molecule has 2 amide bonds. The van der Waals surface area contributed by atoms with Crippen LogP contribution in [0.25, 0.3) is 0 Å². The van der Waals surface area contributed by atoms with Gasteiger partial charge in [-0.05, 0) is 24.7 Å². The van der Waals surface area contributed by atoms with Crippen LogP contribution in [0.1, 0.15) is 40.5 Å². The van der Waals surface area contributed by atoms with Gasteiger partial charge in [-0.3, -0.25) is 0 Å². The van der Waals surface area contributed by atoms with Gasteiger partial charge in [-0.15, -0.1) is 0 Å². The molecular formula is C12H26N2O2. The van der Waals surface area contributed by atoms with Crippen molar-refractivity contribution in [1.82, 2.24) is 10.6 Å². The first-order valence-corrected chi connectivity index (χ1v) is 6.10. The molecule has 0 saturated heterocycles. The van der Waals surface area contributed by atoms with Gasteiger partial charge in [-0.1, -0.05) is 27.7 Å². The van der Waals surface area contributed by atoms with Crippen LogP contribution in [0.3, 0.4) is 0 Å². The van der Waals surface area contributed by atoms with E-state index in [2.05, 4.69) is 38.3 Å². The molecule has 0 aliphatic heterocycles. The van der Waals surface area contributed by atoms with Crippen LogP contribution in [0, 0.1) is 11.8 Å². The molecule has 3 N–H and O–H groups in total. The number of aliphatic hydroxyl groups excluding tert-OH is 1. The minimum absolute atomic E-state index is 0.00419. The van der Waals surface area contributed by atoms with Crippen molar-refractivity contribution in [2.75, 3.05) is 13.2 Å². The number of carbonyl (C=O) groups excluding carboxylic acids is 1. The second-order valence-electron chi connectivity index (χ2n) is 5.09. The summed E-state index contributed by atoms with van der Waals surface area (Å²) in [4.78, 5) is 11.4. The third-order valence-electron chi connectivity index (χ3n) is 2.32. The molecule has 0 aliphatic rings. The Labute approximate surface area is 98.8 Å². The maximum Gasteiger partial charge on any atom is 0.315 e. The van der Waals surface area contributed by atoms with Gasteiger partial charge >= 0.3 is 6.03 Å². The maximum absolute atomic E-state index is 11.4. The molecule has 0 radical (unpaired) electrons. The predicted molar refractivity (Wildman–Crippen MR) is 66.3 cm³/mol. The van der Waals surface area contributed by atoms with Crippen LogP contribution >= 0.6 is 0 Å². The van der Waals surface area contributed by atoms with Gasteiger partial charge in [0.25, 0.3) is 0 Å². The third-order valence-corrected chi connectivity index (χ3v) is 2.32. The summed E-state index contributed by atoms with van der Waals surface area (Å²) in [6.45, 7) is 9.06. The molecule has 1 unspecified atom stereocenters. The number of rotatable bonds is 7. The minimum atomic E-state index is -0.180. The van der Waals surface area contributed by atoms with Crippen LogP contribution in [0.15, 0.2) is 0 Å². The number of carbonyl (C=O) groups is 1. The monoisotopic (exact) mass is 230 g/mol. The summed E-state index contributed by atoms with van der Waals surface area (Å²) in [5, 5.41) is 14.7. The van der Waals surface area contributed by atoms with E-state index in [4.69, 9.17) is 5.11 Å². The molecule has 16 heavy (non-hydrogen) atoms. The van der Waals surface area contributed by atoms with Crippen molar-refractivity contribution < 1.29 is 9.90 Å². The average Bonchev–Trinajstić information content (AvgIpc) is 2.15. The molecule has 1 atom stereocenters. The highest BCUT2D eigenvalue weighted by Crippen LogP contribution is 2.03.